The summed E-state index contributed by atoms with van der Waals surface area (Å²) in [6.07, 6.45) is 10.0. The van der Waals surface area contributed by atoms with E-state index < -0.39 is 16.5 Å². The van der Waals surface area contributed by atoms with Gasteiger partial charge in [-0.1, -0.05) is 41.2 Å². The molecule has 0 aliphatic heterocycles. The SMILES string of the molecule is [CH-]1CC1.[CH-]1CC1.[CH2-][Si@@](C)(CC)[N-][Si](C)(C)CC.[Zr+4]. The van der Waals surface area contributed by atoms with Crippen LogP contribution in [0.2, 0.25) is 31.7 Å². The van der Waals surface area contributed by atoms with E-state index in [2.05, 4.69) is 52.9 Å². The molecule has 104 valence electrons. The summed E-state index contributed by atoms with van der Waals surface area (Å²) in [4.78, 5) is 0. The molecule has 0 amide bonds. The van der Waals surface area contributed by atoms with Crippen LogP contribution in [0.1, 0.15) is 39.5 Å². The molecule has 0 bridgehead atoms. The number of hydrogen-bond acceptors (Lipinski definition) is 0. The van der Waals surface area contributed by atoms with E-state index in [-0.39, 0.29) is 26.2 Å². The average molecular weight is 361 g/mol. The molecule has 0 heterocycles. The third kappa shape index (κ3) is 19.6. The quantitative estimate of drug-likeness (QED) is 0.463. The summed E-state index contributed by atoms with van der Waals surface area (Å²) in [5.74, 6) is 0. The van der Waals surface area contributed by atoms with Gasteiger partial charge < -0.3 is 24.0 Å². The van der Waals surface area contributed by atoms with E-state index in [1.165, 1.54) is 37.8 Å². The van der Waals surface area contributed by atoms with Crippen LogP contribution in [0.4, 0.5) is 0 Å². The summed E-state index contributed by atoms with van der Waals surface area (Å²) in [7, 11) is -2.61. The van der Waals surface area contributed by atoms with Crippen LogP contribution in [0.3, 0.4) is 0 Å². The Kier molecular flexibility index (Phi) is 13.2. The summed E-state index contributed by atoms with van der Waals surface area (Å²) in [6.45, 7) is 15.6. The van der Waals surface area contributed by atoms with Gasteiger partial charge in [0.25, 0.3) is 0 Å². The molecular weight excluding hydrogens is 330 g/mol. The van der Waals surface area contributed by atoms with E-state index in [0.29, 0.717) is 0 Å². The van der Waals surface area contributed by atoms with Gasteiger partial charge in [-0.25, -0.2) is 33.9 Å². The topological polar surface area (TPSA) is 14.1 Å². The number of hydrogen-bond donors (Lipinski definition) is 0. The Morgan fingerprint density at radius 3 is 1.44 bits per heavy atom. The summed E-state index contributed by atoms with van der Waals surface area (Å²) in [6, 6.07) is 2.44. The van der Waals surface area contributed by atoms with Crippen molar-refractivity contribution in [2.24, 2.45) is 0 Å². The van der Waals surface area contributed by atoms with Crippen molar-refractivity contribution in [2.45, 2.75) is 71.3 Å². The fraction of sp³-hybridized carbons (Fsp3) is 0.786. The van der Waals surface area contributed by atoms with Crippen molar-refractivity contribution in [3.05, 3.63) is 24.0 Å². The summed E-state index contributed by atoms with van der Waals surface area (Å²) in [5, 5.41) is 0. The minimum Gasteiger partial charge on any atom is -0.688 e. The first kappa shape index (κ1) is 21.6. The second kappa shape index (κ2) is 11.0. The van der Waals surface area contributed by atoms with Crippen molar-refractivity contribution in [3.63, 3.8) is 0 Å². The minimum absolute atomic E-state index is 0. The Bertz CT molecular complexity index is 167. The van der Waals surface area contributed by atoms with Gasteiger partial charge in [-0.05, 0) is 0 Å². The van der Waals surface area contributed by atoms with Gasteiger partial charge in [-0.2, -0.15) is 0 Å². The van der Waals surface area contributed by atoms with Crippen LogP contribution < -0.4 is 0 Å². The van der Waals surface area contributed by atoms with Crippen molar-refractivity contribution in [1.29, 1.82) is 0 Å². The summed E-state index contributed by atoms with van der Waals surface area (Å²) >= 11 is 0. The predicted octanol–water partition coefficient (Wildman–Crippen LogP) is 5.52. The van der Waals surface area contributed by atoms with Gasteiger partial charge in [0.15, 0.2) is 0 Å². The molecule has 1 nitrogen and oxygen atoms in total. The molecule has 18 heavy (non-hydrogen) atoms. The Labute approximate surface area is 137 Å². The third-order valence-corrected chi connectivity index (χ3v) is 10.6. The maximum atomic E-state index is 4.94. The third-order valence-electron chi connectivity index (χ3n) is 2.78. The smallest absolute Gasteiger partial charge is 0.688 e. The van der Waals surface area contributed by atoms with Gasteiger partial charge >= 0.3 is 26.2 Å². The Balaban J connectivity index is 0. The molecule has 0 aromatic carbocycles. The Morgan fingerprint density at radius 1 is 0.944 bits per heavy atom. The average Bonchev–Trinajstić information content (AvgIpc) is 3.11. The second-order valence-corrected chi connectivity index (χ2v) is 14.8. The van der Waals surface area contributed by atoms with Crippen molar-refractivity contribution < 1.29 is 26.2 Å². The zero-order valence-corrected chi connectivity index (χ0v) is 17.5. The summed E-state index contributed by atoms with van der Waals surface area (Å²) < 4.78 is 4.94. The van der Waals surface area contributed by atoms with Gasteiger partial charge in [0.05, 0.1) is 0 Å². The monoisotopic (exact) mass is 359 g/mol. The van der Waals surface area contributed by atoms with Crippen LogP contribution in [0.25, 0.3) is 4.65 Å². The fourth-order valence-corrected chi connectivity index (χ4v) is 8.00. The van der Waals surface area contributed by atoms with Crippen LogP contribution in [-0.2, 0) is 26.2 Å². The molecule has 0 saturated heterocycles. The van der Waals surface area contributed by atoms with E-state index in [9.17, 15) is 0 Å². The Hall–Kier alpha value is 1.28. The van der Waals surface area contributed by atoms with Gasteiger partial charge in [-0.3, -0.25) is 0 Å². The first-order valence-corrected chi connectivity index (χ1v) is 13.1. The Morgan fingerprint density at radius 2 is 1.28 bits per heavy atom. The van der Waals surface area contributed by atoms with Crippen LogP contribution >= 0.6 is 0 Å². The summed E-state index contributed by atoms with van der Waals surface area (Å²) in [5.41, 5.74) is 0. The normalized spacial score (nSPS) is 19.0. The molecule has 0 aromatic heterocycles. The number of rotatable bonds is 4. The maximum Gasteiger partial charge on any atom is 4.00 e. The zero-order valence-electron chi connectivity index (χ0n) is 13.1. The van der Waals surface area contributed by atoms with Crippen LogP contribution in [0, 0.1) is 19.4 Å². The molecule has 0 spiro atoms. The molecule has 2 rings (SSSR count). The molecule has 0 aromatic rings. The zero-order chi connectivity index (χ0) is 13.4. The van der Waals surface area contributed by atoms with E-state index in [0.717, 1.165) is 0 Å². The molecule has 1 atom stereocenters. The molecule has 2 aliphatic rings. The molecule has 2 fully saturated rings. The maximum absolute atomic E-state index is 4.94. The largest absolute Gasteiger partial charge is 4.00 e. The first-order chi connectivity index (χ1) is 7.83. The van der Waals surface area contributed by atoms with Crippen molar-refractivity contribution in [2.75, 3.05) is 0 Å². The van der Waals surface area contributed by atoms with Crippen LogP contribution in [0.5, 0.6) is 0 Å². The molecule has 2 aliphatic carbocycles. The van der Waals surface area contributed by atoms with Gasteiger partial charge in [0.2, 0.25) is 0 Å². The van der Waals surface area contributed by atoms with Crippen molar-refractivity contribution in [3.8, 4) is 0 Å². The first-order valence-electron chi connectivity index (χ1n) is 7.06. The molecule has 0 N–H and O–H groups in total. The fourth-order valence-electron chi connectivity index (χ4n) is 0.889. The van der Waals surface area contributed by atoms with E-state index in [4.69, 9.17) is 4.65 Å². The van der Waals surface area contributed by atoms with E-state index in [1.807, 2.05) is 0 Å². The van der Waals surface area contributed by atoms with Gasteiger partial charge in [0, 0.05) is 0 Å². The van der Waals surface area contributed by atoms with Crippen molar-refractivity contribution >= 4 is 16.5 Å². The molecule has 0 unspecified atom stereocenters. The van der Waals surface area contributed by atoms with Gasteiger partial charge in [0.1, 0.15) is 0 Å². The molecular formula is C14H31NSi2Zr. The van der Waals surface area contributed by atoms with E-state index in [1.54, 1.807) is 0 Å². The standard InChI is InChI=1S/C8H21NSi2.2C3H5.Zr/c1-7-10(3,4)9-11(5,6)8-2;2*1-2-3-1;/h3,7-8H2,1-2,4-6H3;2*1H,2-3H2;/q-2;2*-1;+4/t10-;;;/m1.../s1. The van der Waals surface area contributed by atoms with Crippen LogP contribution in [0.15, 0.2) is 0 Å². The predicted molar refractivity (Wildman–Crippen MR) is 85.8 cm³/mol. The van der Waals surface area contributed by atoms with E-state index >= 15 is 0 Å². The second-order valence-electron chi connectivity index (χ2n) is 5.86. The minimum atomic E-state index is -1.40. The molecule has 0 radical (unpaired) electrons. The van der Waals surface area contributed by atoms with Gasteiger partial charge in [-0.15, -0.1) is 12.6 Å². The molecule has 4 heteroatoms. The number of nitrogens with zero attached hydrogens (tertiary/aromatic N) is 1. The van der Waals surface area contributed by atoms with Crippen LogP contribution in [-0.4, -0.2) is 16.5 Å². The van der Waals surface area contributed by atoms with Crippen molar-refractivity contribution in [1.82, 2.24) is 0 Å². The molecule has 2 saturated carbocycles.